The van der Waals surface area contributed by atoms with E-state index in [0.29, 0.717) is 30.9 Å². The molecule has 0 spiro atoms. The number of ether oxygens (including phenoxy) is 3. The fourth-order valence-electron chi connectivity index (χ4n) is 5.84. The zero-order valence-electron chi connectivity index (χ0n) is 28.1. The number of hydrogen-bond donors (Lipinski definition) is 2. The highest BCUT2D eigenvalue weighted by molar-refractivity contribution is 9.10. The predicted molar refractivity (Wildman–Crippen MR) is 194 cm³/mol. The number of benzene rings is 4. The van der Waals surface area contributed by atoms with Crippen LogP contribution in [0.1, 0.15) is 74.3 Å². The number of amides is 1. The molecule has 5 rings (SSSR count). The number of halogens is 1. The van der Waals surface area contributed by atoms with Crippen molar-refractivity contribution in [2.45, 2.75) is 63.2 Å². The first-order valence-electron chi connectivity index (χ1n) is 16.5. The smallest absolute Gasteiger partial charge is 0.306 e. The number of nitrogens with zero attached hydrogens (tertiary/aromatic N) is 1. The maximum Gasteiger partial charge on any atom is 0.306 e. The monoisotopic (exact) mass is 726 g/mol. The Morgan fingerprint density at radius 2 is 1.53 bits per heavy atom. The van der Waals surface area contributed by atoms with E-state index in [-0.39, 0.29) is 37.2 Å². The van der Waals surface area contributed by atoms with E-state index in [1.807, 2.05) is 93.6 Å². The Bertz CT molecular complexity index is 1670. The van der Waals surface area contributed by atoms with Gasteiger partial charge in [-0.15, -0.1) is 0 Å². The van der Waals surface area contributed by atoms with Crippen molar-refractivity contribution in [2.75, 3.05) is 19.8 Å². The highest BCUT2D eigenvalue weighted by atomic mass is 79.9. The minimum absolute atomic E-state index is 0.0453. The van der Waals surface area contributed by atoms with Crippen LogP contribution >= 0.6 is 15.9 Å². The normalized spacial score (nSPS) is 17.3. The van der Waals surface area contributed by atoms with Crippen molar-refractivity contribution >= 4 is 33.7 Å². The first-order valence-corrected chi connectivity index (χ1v) is 17.3. The Labute approximate surface area is 296 Å². The fraction of sp³-hybridized carbons (Fsp3) is 0.325. The summed E-state index contributed by atoms with van der Waals surface area (Å²) in [5.41, 5.74) is 1.36. The summed E-state index contributed by atoms with van der Waals surface area (Å²) >= 11 is 3.52. The zero-order valence-corrected chi connectivity index (χ0v) is 29.7. The number of rotatable bonds is 14. The molecular weight excluding hydrogens is 684 g/mol. The number of aliphatic hydroxyl groups is 1. The van der Waals surface area contributed by atoms with Gasteiger partial charge in [-0.25, -0.2) is 4.99 Å². The lowest BCUT2D eigenvalue weighted by Gasteiger charge is -2.31. The van der Waals surface area contributed by atoms with Gasteiger partial charge in [-0.3, -0.25) is 9.59 Å². The van der Waals surface area contributed by atoms with Gasteiger partial charge in [0, 0.05) is 41.9 Å². The number of esters is 1. The van der Waals surface area contributed by atoms with E-state index in [1.165, 1.54) is 0 Å². The molecule has 1 aliphatic rings. The third-order valence-corrected chi connectivity index (χ3v) is 8.73. The molecule has 1 amide bonds. The fourth-order valence-corrected chi connectivity index (χ4v) is 6.10. The molecular formula is C40H43BrN2O6. The van der Waals surface area contributed by atoms with Crippen molar-refractivity contribution in [3.63, 3.8) is 0 Å². The van der Waals surface area contributed by atoms with E-state index < -0.39 is 23.2 Å². The van der Waals surface area contributed by atoms with Gasteiger partial charge in [0.1, 0.15) is 11.4 Å². The Balaban J connectivity index is 1.53. The molecule has 0 radical (unpaired) electrons. The van der Waals surface area contributed by atoms with Crippen LogP contribution in [0.15, 0.2) is 119 Å². The lowest BCUT2D eigenvalue weighted by molar-refractivity contribution is -0.155. The van der Waals surface area contributed by atoms with Crippen molar-refractivity contribution in [1.82, 2.24) is 5.32 Å². The van der Waals surface area contributed by atoms with Gasteiger partial charge in [-0.2, -0.15) is 0 Å². The van der Waals surface area contributed by atoms with Crippen LogP contribution in [0.4, 0.5) is 0 Å². The minimum Gasteiger partial charge on any atom is -0.494 e. The molecule has 0 aromatic heterocycles. The molecule has 1 heterocycles. The molecule has 256 valence electrons. The molecule has 9 heteroatoms. The number of carbonyl (C=O) groups is 2. The molecule has 8 nitrogen and oxygen atoms in total. The third kappa shape index (κ3) is 9.37. The van der Waals surface area contributed by atoms with Crippen LogP contribution in [0, 0.1) is 0 Å². The average Bonchev–Trinajstić information content (AvgIpc) is 3.49. The summed E-state index contributed by atoms with van der Waals surface area (Å²) in [4.78, 5) is 32.9. The molecule has 2 atom stereocenters. The molecule has 0 aliphatic carbocycles. The van der Waals surface area contributed by atoms with Crippen molar-refractivity contribution in [2.24, 2.45) is 4.99 Å². The lowest BCUT2D eigenvalue weighted by Crippen LogP contribution is -2.49. The topological polar surface area (TPSA) is 106 Å². The quantitative estimate of drug-likeness (QED) is 0.103. The van der Waals surface area contributed by atoms with Crippen LogP contribution in [-0.4, -0.2) is 53.8 Å². The van der Waals surface area contributed by atoms with Gasteiger partial charge in [-0.05, 0) is 80.3 Å². The summed E-state index contributed by atoms with van der Waals surface area (Å²) in [5, 5.41) is 12.3. The first kappa shape index (κ1) is 35.8. The van der Waals surface area contributed by atoms with Gasteiger partial charge in [0.15, 0.2) is 11.6 Å². The average molecular weight is 728 g/mol. The summed E-state index contributed by atoms with van der Waals surface area (Å²) < 4.78 is 18.9. The summed E-state index contributed by atoms with van der Waals surface area (Å²) in [6.45, 7) is 6.19. The third-order valence-electron chi connectivity index (χ3n) is 8.20. The molecule has 0 saturated heterocycles. The summed E-state index contributed by atoms with van der Waals surface area (Å²) in [5.74, 6) is 0.0388. The Morgan fingerprint density at radius 3 is 2.10 bits per heavy atom. The highest BCUT2D eigenvalue weighted by Crippen LogP contribution is 2.44. The van der Waals surface area contributed by atoms with Crippen LogP contribution in [0.5, 0.6) is 5.75 Å². The van der Waals surface area contributed by atoms with Crippen LogP contribution < -0.4 is 10.1 Å². The van der Waals surface area contributed by atoms with Crippen LogP contribution in [0.2, 0.25) is 0 Å². The molecule has 4 aromatic rings. The van der Waals surface area contributed by atoms with E-state index in [0.717, 1.165) is 21.2 Å². The summed E-state index contributed by atoms with van der Waals surface area (Å²) in [6, 6.07) is 35.0. The Hall–Kier alpha value is -4.47. The molecule has 0 bridgehead atoms. The van der Waals surface area contributed by atoms with E-state index in [9.17, 15) is 9.59 Å². The van der Waals surface area contributed by atoms with Gasteiger partial charge in [0.25, 0.3) is 5.91 Å². The van der Waals surface area contributed by atoms with Crippen LogP contribution in [0.3, 0.4) is 0 Å². The number of hydrogen-bond acceptors (Lipinski definition) is 7. The lowest BCUT2D eigenvalue weighted by atomic mass is 9.83. The molecule has 49 heavy (non-hydrogen) atoms. The predicted octanol–water partition coefficient (Wildman–Crippen LogP) is 7.54. The Kier molecular flexibility index (Phi) is 11.9. The SMILES string of the molecule is CC(C)(C)OC(=O)CC[C@@]1(C(=O)NCC(c2ccccc2)c2ccccc2)N=C(c2ccc(OCCCO)cc2)O[C@@H]1c1ccc(Br)cc1. The summed E-state index contributed by atoms with van der Waals surface area (Å²) in [7, 11) is 0. The van der Waals surface area contributed by atoms with Crippen molar-refractivity contribution in [3.8, 4) is 5.75 Å². The highest BCUT2D eigenvalue weighted by Gasteiger charge is 2.53. The second-order valence-electron chi connectivity index (χ2n) is 13.0. The van der Waals surface area contributed by atoms with Gasteiger partial charge in [0.05, 0.1) is 6.61 Å². The van der Waals surface area contributed by atoms with E-state index in [2.05, 4.69) is 45.5 Å². The standard InChI is InChI=1S/C40H43BrN2O6/c1-39(2,3)49-35(45)23-24-40(38(46)42-27-34(28-11-6-4-7-12-28)29-13-8-5-9-14-29)36(30-15-19-32(41)20-16-30)48-37(43-40)31-17-21-33(22-18-31)47-26-10-25-44/h4-9,11-22,34,36,44H,10,23-27H2,1-3H3,(H,42,46)/t36-,40-/m1/s1. The number of aliphatic hydroxyl groups excluding tert-OH is 1. The van der Waals surface area contributed by atoms with Crippen molar-refractivity contribution in [3.05, 3.63) is 136 Å². The molecule has 0 unspecified atom stereocenters. The largest absolute Gasteiger partial charge is 0.494 e. The molecule has 4 aromatic carbocycles. The second kappa shape index (κ2) is 16.3. The zero-order chi connectivity index (χ0) is 34.9. The van der Waals surface area contributed by atoms with E-state index >= 15 is 0 Å². The maximum atomic E-state index is 14.8. The van der Waals surface area contributed by atoms with Crippen molar-refractivity contribution in [1.29, 1.82) is 0 Å². The molecule has 1 aliphatic heterocycles. The molecule has 0 saturated carbocycles. The number of nitrogens with one attached hydrogen (secondary N) is 1. The van der Waals surface area contributed by atoms with Gasteiger partial charge in [-0.1, -0.05) is 88.7 Å². The first-order chi connectivity index (χ1) is 23.6. The Morgan fingerprint density at radius 1 is 0.918 bits per heavy atom. The number of aliphatic imine (C=N–C) groups is 1. The minimum atomic E-state index is -1.49. The van der Waals surface area contributed by atoms with E-state index in [1.54, 1.807) is 12.1 Å². The second-order valence-corrected chi connectivity index (χ2v) is 13.9. The van der Waals surface area contributed by atoms with Crippen molar-refractivity contribution < 1.29 is 28.9 Å². The van der Waals surface area contributed by atoms with Crippen LogP contribution in [-0.2, 0) is 19.1 Å². The summed E-state index contributed by atoms with van der Waals surface area (Å²) in [6.07, 6.45) is -0.292. The van der Waals surface area contributed by atoms with Gasteiger partial charge in [0.2, 0.25) is 5.90 Å². The number of carbonyl (C=O) groups excluding carboxylic acids is 2. The van der Waals surface area contributed by atoms with E-state index in [4.69, 9.17) is 24.3 Å². The molecule has 0 fully saturated rings. The molecule has 2 N–H and O–H groups in total. The van der Waals surface area contributed by atoms with Gasteiger partial charge < -0.3 is 24.6 Å². The maximum absolute atomic E-state index is 14.8. The van der Waals surface area contributed by atoms with Gasteiger partial charge >= 0.3 is 5.97 Å². The van der Waals surface area contributed by atoms with Crippen LogP contribution in [0.25, 0.3) is 0 Å².